The van der Waals surface area contributed by atoms with Gasteiger partial charge in [0, 0.05) is 54.4 Å². The molecule has 11 nitrogen and oxygen atoms in total. The summed E-state index contributed by atoms with van der Waals surface area (Å²) in [4.78, 5) is 30.2. The summed E-state index contributed by atoms with van der Waals surface area (Å²) >= 11 is 14.1. The van der Waals surface area contributed by atoms with Gasteiger partial charge < -0.3 is 30.5 Å². The smallest absolute Gasteiger partial charge is 0.237 e. The lowest BCUT2D eigenvalue weighted by Crippen LogP contribution is -2.36. The molecule has 6 rings (SSSR count). The van der Waals surface area contributed by atoms with Crippen LogP contribution in [0, 0.1) is 5.92 Å². The Kier molecular flexibility index (Phi) is 10.5. The average Bonchev–Trinajstić information content (AvgIpc) is 3.49. The third-order valence-electron chi connectivity index (χ3n) is 8.55. The zero-order valence-corrected chi connectivity index (χ0v) is 27.7. The topological polar surface area (TPSA) is 143 Å². The van der Waals surface area contributed by atoms with E-state index in [1.165, 1.54) is 0 Å². The van der Waals surface area contributed by atoms with E-state index in [-0.39, 0.29) is 18.1 Å². The summed E-state index contributed by atoms with van der Waals surface area (Å²) in [7, 11) is 3.13. The predicted molar refractivity (Wildman–Crippen MR) is 180 cm³/mol. The second-order valence-corrected chi connectivity index (χ2v) is 12.6. The van der Waals surface area contributed by atoms with Gasteiger partial charge in [0.15, 0.2) is 0 Å². The fourth-order valence-electron chi connectivity index (χ4n) is 5.96. The first-order valence-electron chi connectivity index (χ1n) is 15.6. The van der Waals surface area contributed by atoms with Crippen LogP contribution in [0.3, 0.4) is 0 Å². The van der Waals surface area contributed by atoms with E-state index in [4.69, 9.17) is 42.6 Å². The minimum absolute atomic E-state index is 0.0831. The SMILES string of the molecule is COc1nc(-c2cccc(-c3cccc(-c4cnc(CNC[C@@H]5CCC(=O)N5)c(OC)n4)c3Cl)c2Cl)cnc1CNCC1CC(O)C1. The molecule has 246 valence electrons. The third-order valence-corrected chi connectivity index (χ3v) is 9.37. The molecular formula is C34H37Cl2N7O4. The fourth-order valence-corrected chi connectivity index (χ4v) is 6.61. The normalized spacial score (nSPS) is 18.9. The molecule has 1 aliphatic carbocycles. The van der Waals surface area contributed by atoms with Crippen LogP contribution in [0.15, 0.2) is 48.8 Å². The second kappa shape index (κ2) is 14.9. The van der Waals surface area contributed by atoms with Gasteiger partial charge in [0.1, 0.15) is 11.4 Å². The number of aliphatic hydroxyl groups is 1. The molecule has 0 bridgehead atoms. The molecule has 1 saturated carbocycles. The van der Waals surface area contributed by atoms with E-state index >= 15 is 0 Å². The maximum Gasteiger partial charge on any atom is 0.237 e. The highest BCUT2D eigenvalue weighted by atomic mass is 35.5. The number of methoxy groups -OCH3 is 2. The first-order chi connectivity index (χ1) is 22.8. The Balaban J connectivity index is 1.21. The van der Waals surface area contributed by atoms with Gasteiger partial charge in [0.25, 0.3) is 0 Å². The van der Waals surface area contributed by atoms with Crippen LogP contribution >= 0.6 is 23.2 Å². The Bertz CT molecular complexity index is 1750. The van der Waals surface area contributed by atoms with Gasteiger partial charge in [-0.1, -0.05) is 59.6 Å². The lowest BCUT2D eigenvalue weighted by molar-refractivity contribution is -0.119. The van der Waals surface area contributed by atoms with Crippen molar-refractivity contribution in [1.82, 2.24) is 35.9 Å². The van der Waals surface area contributed by atoms with Gasteiger partial charge in [-0.3, -0.25) is 14.8 Å². The average molecular weight is 679 g/mol. The summed E-state index contributed by atoms with van der Waals surface area (Å²) in [5, 5.41) is 20.1. The van der Waals surface area contributed by atoms with E-state index < -0.39 is 0 Å². The molecule has 2 aromatic heterocycles. The molecule has 2 aromatic carbocycles. The summed E-state index contributed by atoms with van der Waals surface area (Å²) in [6.07, 6.45) is 6.21. The molecule has 1 saturated heterocycles. The number of halogens is 2. The van der Waals surface area contributed by atoms with Crippen molar-refractivity contribution < 1.29 is 19.4 Å². The molecule has 0 spiro atoms. The van der Waals surface area contributed by atoms with Gasteiger partial charge in [0.2, 0.25) is 17.7 Å². The number of aromatic nitrogens is 4. The van der Waals surface area contributed by atoms with Crippen molar-refractivity contribution in [2.75, 3.05) is 27.3 Å². The van der Waals surface area contributed by atoms with Crippen molar-refractivity contribution in [1.29, 1.82) is 0 Å². The quantitative estimate of drug-likeness (QED) is 0.156. The number of nitrogens with zero attached hydrogens (tertiary/aromatic N) is 4. The molecule has 4 aromatic rings. The lowest BCUT2D eigenvalue weighted by Gasteiger charge is -2.31. The number of hydrogen-bond acceptors (Lipinski definition) is 10. The number of rotatable bonds is 13. The molecule has 2 aliphatic rings. The monoisotopic (exact) mass is 677 g/mol. The molecule has 1 atom stereocenters. The minimum atomic E-state index is -0.176. The van der Waals surface area contributed by atoms with Gasteiger partial charge >= 0.3 is 0 Å². The number of benzene rings is 2. The number of carbonyl (C=O) groups excluding carboxylic acids is 1. The van der Waals surface area contributed by atoms with Crippen LogP contribution in [0.5, 0.6) is 11.8 Å². The van der Waals surface area contributed by atoms with E-state index in [1.54, 1.807) is 26.6 Å². The molecule has 1 aliphatic heterocycles. The highest BCUT2D eigenvalue weighted by Gasteiger charge is 2.27. The minimum Gasteiger partial charge on any atom is -0.480 e. The summed E-state index contributed by atoms with van der Waals surface area (Å²) in [6.45, 7) is 2.39. The molecular weight excluding hydrogens is 641 g/mol. The maximum atomic E-state index is 11.5. The Labute approximate surface area is 283 Å². The summed E-state index contributed by atoms with van der Waals surface area (Å²) in [6, 6.07) is 11.5. The van der Waals surface area contributed by atoms with Crippen molar-refractivity contribution in [3.63, 3.8) is 0 Å². The van der Waals surface area contributed by atoms with Crippen molar-refractivity contribution in [2.45, 2.75) is 50.9 Å². The van der Waals surface area contributed by atoms with Crippen molar-refractivity contribution in [2.24, 2.45) is 5.92 Å². The van der Waals surface area contributed by atoms with Crippen LogP contribution < -0.4 is 25.4 Å². The third kappa shape index (κ3) is 7.50. The zero-order valence-electron chi connectivity index (χ0n) is 26.2. The number of amides is 1. The van der Waals surface area contributed by atoms with Crippen LogP contribution in [0.4, 0.5) is 0 Å². The largest absolute Gasteiger partial charge is 0.480 e. The van der Waals surface area contributed by atoms with Gasteiger partial charge in [-0.25, -0.2) is 9.97 Å². The van der Waals surface area contributed by atoms with Crippen LogP contribution in [-0.4, -0.2) is 70.4 Å². The van der Waals surface area contributed by atoms with Gasteiger partial charge in [-0.15, -0.1) is 0 Å². The van der Waals surface area contributed by atoms with Gasteiger partial charge in [-0.05, 0) is 31.7 Å². The van der Waals surface area contributed by atoms with Crippen LogP contribution in [0.1, 0.15) is 37.1 Å². The van der Waals surface area contributed by atoms with Crippen molar-refractivity contribution in [3.05, 3.63) is 70.2 Å². The Morgan fingerprint density at radius 2 is 1.34 bits per heavy atom. The molecule has 1 amide bonds. The van der Waals surface area contributed by atoms with E-state index in [2.05, 4.69) is 25.9 Å². The van der Waals surface area contributed by atoms with Crippen LogP contribution in [0.25, 0.3) is 33.6 Å². The van der Waals surface area contributed by atoms with Crippen molar-refractivity contribution >= 4 is 29.1 Å². The van der Waals surface area contributed by atoms with Crippen LogP contribution in [-0.2, 0) is 17.9 Å². The van der Waals surface area contributed by atoms with E-state index in [9.17, 15) is 9.90 Å². The first-order valence-corrected chi connectivity index (χ1v) is 16.4. The van der Waals surface area contributed by atoms with E-state index in [1.807, 2.05) is 36.4 Å². The fraction of sp³-hybridized carbons (Fsp3) is 0.382. The first kappa shape index (κ1) is 33.0. The number of nitrogens with one attached hydrogen (secondary N) is 3. The lowest BCUT2D eigenvalue weighted by atomic mass is 9.82. The molecule has 0 unspecified atom stereocenters. The van der Waals surface area contributed by atoms with Gasteiger partial charge in [-0.2, -0.15) is 0 Å². The standard InChI is InChI=1S/C34H37Cl2N7O4/c1-46-33-28(15-37-13-19-11-21(44)12-19)39-17-26(42-33)24-7-3-5-22(31(24)35)23-6-4-8-25(32(23)36)27-18-40-29(34(43-27)47-2)16-38-14-20-9-10-30(45)41-20/h3-8,17-21,37-38,44H,9-16H2,1-2H3,(H,41,45)/t19?,20-,21?/m0/s1. The highest BCUT2D eigenvalue weighted by molar-refractivity contribution is 6.39. The molecule has 0 radical (unpaired) electrons. The van der Waals surface area contributed by atoms with Gasteiger partial charge in [0.05, 0.1) is 54.2 Å². The molecule has 47 heavy (non-hydrogen) atoms. The Morgan fingerprint density at radius 1 is 0.830 bits per heavy atom. The van der Waals surface area contributed by atoms with Crippen molar-refractivity contribution in [3.8, 4) is 45.4 Å². The number of carbonyl (C=O) groups is 1. The molecule has 2 fully saturated rings. The predicted octanol–water partition coefficient (Wildman–Crippen LogP) is 4.82. The molecule has 3 heterocycles. The maximum absolute atomic E-state index is 11.5. The summed E-state index contributed by atoms with van der Waals surface area (Å²) in [5.41, 5.74) is 5.30. The highest BCUT2D eigenvalue weighted by Crippen LogP contribution is 2.42. The number of aliphatic hydroxyl groups excluding tert-OH is 1. The zero-order chi connectivity index (χ0) is 32.9. The number of hydrogen-bond donors (Lipinski definition) is 4. The van der Waals surface area contributed by atoms with E-state index in [0.717, 1.165) is 36.9 Å². The number of ether oxygens (including phenoxy) is 2. The molecule has 4 N–H and O–H groups in total. The van der Waals surface area contributed by atoms with E-state index in [0.29, 0.717) is 87.7 Å². The Hall–Kier alpha value is -3.87. The second-order valence-electron chi connectivity index (χ2n) is 11.8. The molecule has 13 heteroatoms. The van der Waals surface area contributed by atoms with Crippen LogP contribution in [0.2, 0.25) is 10.0 Å². The summed E-state index contributed by atoms with van der Waals surface area (Å²) < 4.78 is 11.1. The Morgan fingerprint density at radius 3 is 1.81 bits per heavy atom. The summed E-state index contributed by atoms with van der Waals surface area (Å²) in [5.74, 6) is 1.37.